The molecule has 0 spiro atoms. The van der Waals surface area contributed by atoms with Crippen molar-refractivity contribution in [1.82, 2.24) is 9.55 Å². The van der Waals surface area contributed by atoms with E-state index in [1.807, 2.05) is 0 Å². The fraction of sp³-hybridized carbons (Fsp3) is 0.118. The summed E-state index contributed by atoms with van der Waals surface area (Å²) in [5.74, 6) is 0.635. The second-order valence-electron chi connectivity index (χ2n) is 5.00. The number of benzene rings is 2. The average Bonchev–Trinajstić information content (AvgIpc) is 3.01. The molecular formula is C17H12BrF3N2O. The third-order valence-corrected chi connectivity index (χ3v) is 3.92. The maximum absolute atomic E-state index is 13.1. The number of aromatic nitrogens is 2. The Balaban J connectivity index is 2.25. The van der Waals surface area contributed by atoms with Crippen LogP contribution in [-0.4, -0.2) is 16.7 Å². The van der Waals surface area contributed by atoms with Gasteiger partial charge in [-0.25, -0.2) is 4.98 Å². The molecular weight excluding hydrogens is 385 g/mol. The molecule has 2 aromatic carbocycles. The van der Waals surface area contributed by atoms with E-state index in [2.05, 4.69) is 20.9 Å². The monoisotopic (exact) mass is 396 g/mol. The van der Waals surface area contributed by atoms with Crippen molar-refractivity contribution in [2.24, 2.45) is 0 Å². The van der Waals surface area contributed by atoms with Crippen molar-refractivity contribution >= 4 is 15.9 Å². The fourth-order valence-electron chi connectivity index (χ4n) is 2.34. The van der Waals surface area contributed by atoms with Crippen LogP contribution in [0.5, 0.6) is 5.75 Å². The van der Waals surface area contributed by atoms with Crippen molar-refractivity contribution in [3.05, 3.63) is 64.9 Å². The van der Waals surface area contributed by atoms with Gasteiger partial charge in [-0.05, 0) is 18.2 Å². The zero-order valence-corrected chi connectivity index (χ0v) is 14.1. The van der Waals surface area contributed by atoms with E-state index >= 15 is 0 Å². The van der Waals surface area contributed by atoms with Crippen molar-refractivity contribution < 1.29 is 17.9 Å². The maximum Gasteiger partial charge on any atom is 0.434 e. The van der Waals surface area contributed by atoms with Gasteiger partial charge >= 0.3 is 6.18 Å². The number of rotatable bonds is 3. The summed E-state index contributed by atoms with van der Waals surface area (Å²) in [7, 11) is 1.47. The molecule has 7 heteroatoms. The summed E-state index contributed by atoms with van der Waals surface area (Å²) < 4.78 is 46.9. The van der Waals surface area contributed by atoms with E-state index in [1.165, 1.54) is 11.7 Å². The van der Waals surface area contributed by atoms with Gasteiger partial charge < -0.3 is 4.74 Å². The highest BCUT2D eigenvalue weighted by Crippen LogP contribution is 2.35. The molecule has 0 N–H and O–H groups in total. The molecule has 0 aliphatic rings. The normalized spacial score (nSPS) is 11.5. The SMILES string of the molecule is COc1cc(Br)ccc1-n1cc(C(F)(F)F)nc1-c1ccccc1. The van der Waals surface area contributed by atoms with E-state index in [0.717, 1.165) is 10.7 Å². The minimum Gasteiger partial charge on any atom is -0.495 e. The number of nitrogens with zero attached hydrogens (tertiary/aromatic N) is 2. The topological polar surface area (TPSA) is 27.1 Å². The molecule has 0 radical (unpaired) electrons. The summed E-state index contributed by atoms with van der Waals surface area (Å²) in [6, 6.07) is 13.8. The summed E-state index contributed by atoms with van der Waals surface area (Å²) in [5, 5.41) is 0. The van der Waals surface area contributed by atoms with Crippen LogP contribution >= 0.6 is 15.9 Å². The predicted molar refractivity (Wildman–Crippen MR) is 88.3 cm³/mol. The van der Waals surface area contributed by atoms with Gasteiger partial charge in [0, 0.05) is 16.2 Å². The lowest BCUT2D eigenvalue weighted by Crippen LogP contribution is -2.05. The van der Waals surface area contributed by atoms with Crippen molar-refractivity contribution in [3.8, 4) is 22.8 Å². The highest BCUT2D eigenvalue weighted by Gasteiger charge is 2.35. The number of methoxy groups -OCH3 is 1. The number of ether oxygens (including phenoxy) is 1. The van der Waals surface area contributed by atoms with Crippen LogP contribution in [0.4, 0.5) is 13.2 Å². The van der Waals surface area contributed by atoms with E-state index in [-0.39, 0.29) is 5.82 Å². The number of halogens is 4. The van der Waals surface area contributed by atoms with E-state index in [4.69, 9.17) is 4.74 Å². The molecule has 1 heterocycles. The number of hydrogen-bond acceptors (Lipinski definition) is 2. The molecule has 124 valence electrons. The highest BCUT2D eigenvalue weighted by molar-refractivity contribution is 9.10. The Morgan fingerprint density at radius 2 is 1.79 bits per heavy atom. The summed E-state index contributed by atoms with van der Waals surface area (Å²) in [5.41, 5.74) is 0.104. The summed E-state index contributed by atoms with van der Waals surface area (Å²) in [6.07, 6.45) is -3.55. The van der Waals surface area contributed by atoms with Crippen LogP contribution in [0.3, 0.4) is 0 Å². The molecule has 0 fully saturated rings. The Morgan fingerprint density at radius 1 is 1.08 bits per heavy atom. The Hall–Kier alpha value is -2.28. The number of alkyl halides is 3. The Kier molecular flexibility index (Phi) is 4.36. The third-order valence-electron chi connectivity index (χ3n) is 3.43. The first-order chi connectivity index (χ1) is 11.4. The van der Waals surface area contributed by atoms with Gasteiger partial charge in [-0.15, -0.1) is 0 Å². The minimum atomic E-state index is -4.53. The molecule has 0 aliphatic carbocycles. The first-order valence-electron chi connectivity index (χ1n) is 6.96. The fourth-order valence-corrected chi connectivity index (χ4v) is 2.68. The Labute approximate surface area is 144 Å². The van der Waals surface area contributed by atoms with Crippen molar-refractivity contribution in [2.45, 2.75) is 6.18 Å². The molecule has 3 nitrogen and oxygen atoms in total. The minimum absolute atomic E-state index is 0.198. The van der Waals surface area contributed by atoms with Gasteiger partial charge in [0.15, 0.2) is 5.69 Å². The van der Waals surface area contributed by atoms with Crippen LogP contribution in [0.1, 0.15) is 5.69 Å². The molecule has 3 aromatic rings. The van der Waals surface area contributed by atoms with Crippen LogP contribution < -0.4 is 4.74 Å². The molecule has 0 bridgehead atoms. The van der Waals surface area contributed by atoms with Gasteiger partial charge in [-0.2, -0.15) is 13.2 Å². The van der Waals surface area contributed by atoms with Crippen LogP contribution in [0.15, 0.2) is 59.2 Å². The van der Waals surface area contributed by atoms with Crippen molar-refractivity contribution in [3.63, 3.8) is 0 Å². The summed E-state index contributed by atoms with van der Waals surface area (Å²) >= 11 is 3.33. The van der Waals surface area contributed by atoms with Crippen LogP contribution in [-0.2, 0) is 6.18 Å². The van der Waals surface area contributed by atoms with E-state index in [0.29, 0.717) is 17.0 Å². The Morgan fingerprint density at radius 3 is 2.42 bits per heavy atom. The average molecular weight is 397 g/mol. The second-order valence-corrected chi connectivity index (χ2v) is 5.92. The molecule has 0 amide bonds. The summed E-state index contributed by atoms with van der Waals surface area (Å²) in [6.45, 7) is 0. The van der Waals surface area contributed by atoms with Gasteiger partial charge in [-0.1, -0.05) is 46.3 Å². The molecule has 0 saturated heterocycles. The van der Waals surface area contributed by atoms with Crippen LogP contribution in [0.2, 0.25) is 0 Å². The summed E-state index contributed by atoms with van der Waals surface area (Å²) in [4.78, 5) is 3.80. The molecule has 0 unspecified atom stereocenters. The van der Waals surface area contributed by atoms with Crippen LogP contribution in [0, 0.1) is 0 Å². The molecule has 0 atom stereocenters. The van der Waals surface area contributed by atoms with Gasteiger partial charge in [0.25, 0.3) is 0 Å². The standard InChI is InChI=1S/C17H12BrF3N2O/c1-24-14-9-12(18)7-8-13(14)23-10-15(17(19,20)21)22-16(23)11-5-3-2-4-6-11/h2-10H,1H3. The molecule has 3 rings (SSSR count). The van der Waals surface area contributed by atoms with Crippen molar-refractivity contribution in [2.75, 3.05) is 7.11 Å². The smallest absolute Gasteiger partial charge is 0.434 e. The van der Waals surface area contributed by atoms with Gasteiger partial charge in [-0.3, -0.25) is 4.57 Å². The first kappa shape index (κ1) is 16.6. The second kappa shape index (κ2) is 6.32. The predicted octanol–water partition coefficient (Wildman–Crippen LogP) is 5.33. The lowest BCUT2D eigenvalue weighted by molar-refractivity contribution is -0.140. The van der Waals surface area contributed by atoms with Crippen LogP contribution in [0.25, 0.3) is 17.1 Å². The van der Waals surface area contributed by atoms with E-state index < -0.39 is 11.9 Å². The third kappa shape index (κ3) is 3.17. The molecule has 0 saturated carbocycles. The van der Waals surface area contributed by atoms with Crippen molar-refractivity contribution in [1.29, 1.82) is 0 Å². The molecule has 1 aromatic heterocycles. The highest BCUT2D eigenvalue weighted by atomic mass is 79.9. The van der Waals surface area contributed by atoms with Gasteiger partial charge in [0.1, 0.15) is 11.6 Å². The zero-order chi connectivity index (χ0) is 17.3. The molecule has 0 aliphatic heterocycles. The Bertz CT molecular complexity index is 860. The molecule has 24 heavy (non-hydrogen) atoms. The van der Waals surface area contributed by atoms with E-state index in [9.17, 15) is 13.2 Å². The lowest BCUT2D eigenvalue weighted by atomic mass is 10.2. The quantitative estimate of drug-likeness (QED) is 0.598. The zero-order valence-electron chi connectivity index (χ0n) is 12.5. The van der Waals surface area contributed by atoms with Gasteiger partial charge in [0.2, 0.25) is 0 Å². The number of hydrogen-bond donors (Lipinski definition) is 0. The lowest BCUT2D eigenvalue weighted by Gasteiger charge is -2.12. The maximum atomic E-state index is 13.1. The number of imidazole rings is 1. The van der Waals surface area contributed by atoms with E-state index in [1.54, 1.807) is 48.5 Å². The van der Waals surface area contributed by atoms with Gasteiger partial charge in [0.05, 0.1) is 12.8 Å². The largest absolute Gasteiger partial charge is 0.495 e. The first-order valence-corrected chi connectivity index (χ1v) is 7.75.